The summed E-state index contributed by atoms with van der Waals surface area (Å²) in [4.78, 5) is 17.4. The van der Waals surface area contributed by atoms with Crippen LogP contribution in [0.1, 0.15) is 43.7 Å². The van der Waals surface area contributed by atoms with Crippen molar-refractivity contribution >= 4 is 6.09 Å². The molecule has 0 saturated carbocycles. The van der Waals surface area contributed by atoms with Crippen molar-refractivity contribution in [2.45, 2.75) is 51.2 Å². The van der Waals surface area contributed by atoms with Gasteiger partial charge in [0.05, 0.1) is 6.54 Å². The number of ether oxygens (including phenoxy) is 1. The molecule has 2 aromatic carbocycles. The maximum atomic E-state index is 13.2. The van der Waals surface area contributed by atoms with Crippen LogP contribution in [-0.4, -0.2) is 41.3 Å². The van der Waals surface area contributed by atoms with Crippen LogP contribution in [0.5, 0.6) is 0 Å². The van der Waals surface area contributed by atoms with Crippen LogP contribution in [0.15, 0.2) is 85.2 Å². The third-order valence-corrected chi connectivity index (χ3v) is 5.61. The molecule has 1 aromatic heterocycles. The van der Waals surface area contributed by atoms with Crippen molar-refractivity contribution in [3.8, 4) is 0 Å². The van der Waals surface area contributed by atoms with Gasteiger partial charge in [-0.25, -0.2) is 14.8 Å². The second-order valence-electron chi connectivity index (χ2n) is 8.34. The average Bonchev–Trinajstić information content (AvgIpc) is 2.88. The lowest BCUT2D eigenvalue weighted by molar-refractivity contribution is -0.0164. The van der Waals surface area contributed by atoms with E-state index in [9.17, 15) is 4.79 Å². The standard InChI is InChI=1S/C28H35N3O2/c1-30(2)31(23-26-14-7-4-8-15-26)28(32)33-27(19-9-16-24-12-5-3-6-13-24)20-10-17-25-18-11-21-29-22-25/h3-8,11-15,18,21-22,27H,9-10,16-17,19-20,23H2,1-2H3/i1D. The quantitative estimate of drug-likeness (QED) is 0.324. The van der Waals surface area contributed by atoms with Crippen molar-refractivity contribution in [3.05, 3.63) is 102 Å². The number of hydrogen-bond acceptors (Lipinski definition) is 4. The molecule has 0 aliphatic heterocycles. The summed E-state index contributed by atoms with van der Waals surface area (Å²) in [5.41, 5.74) is 3.48. The van der Waals surface area contributed by atoms with Crippen LogP contribution in [0.4, 0.5) is 4.79 Å². The first kappa shape index (κ1) is 23.0. The van der Waals surface area contributed by atoms with E-state index < -0.39 is 6.09 Å². The molecule has 0 N–H and O–H groups in total. The van der Waals surface area contributed by atoms with E-state index in [4.69, 9.17) is 6.11 Å². The number of aromatic nitrogens is 1. The highest BCUT2D eigenvalue weighted by Gasteiger charge is 2.22. The fraction of sp³-hybridized carbons (Fsp3) is 0.357. The van der Waals surface area contributed by atoms with Gasteiger partial charge in [-0.1, -0.05) is 66.7 Å². The summed E-state index contributed by atoms with van der Waals surface area (Å²) in [7, 11) is 1.71. The lowest BCUT2D eigenvalue weighted by atomic mass is 10.0. The minimum Gasteiger partial charge on any atom is -0.445 e. The van der Waals surface area contributed by atoms with E-state index in [0.29, 0.717) is 6.54 Å². The number of pyridine rings is 1. The van der Waals surface area contributed by atoms with Crippen molar-refractivity contribution in [3.63, 3.8) is 0 Å². The summed E-state index contributed by atoms with van der Waals surface area (Å²) >= 11 is 0. The van der Waals surface area contributed by atoms with E-state index in [1.54, 1.807) is 18.3 Å². The van der Waals surface area contributed by atoms with Crippen molar-refractivity contribution in [2.24, 2.45) is 0 Å². The summed E-state index contributed by atoms with van der Waals surface area (Å²) in [6.07, 6.45) is 8.41. The van der Waals surface area contributed by atoms with Crippen LogP contribution in [0.2, 0.25) is 0 Å². The Labute approximate surface area is 199 Å². The van der Waals surface area contributed by atoms with Gasteiger partial charge in [0.25, 0.3) is 0 Å². The largest absolute Gasteiger partial charge is 0.445 e. The van der Waals surface area contributed by atoms with Gasteiger partial charge in [-0.2, -0.15) is 0 Å². The molecule has 0 aliphatic carbocycles. The molecule has 5 nitrogen and oxygen atoms in total. The van der Waals surface area contributed by atoms with E-state index >= 15 is 0 Å². The summed E-state index contributed by atoms with van der Waals surface area (Å²) in [5, 5.41) is 3.11. The maximum Gasteiger partial charge on any atom is 0.425 e. The van der Waals surface area contributed by atoms with Crippen LogP contribution in [0.3, 0.4) is 0 Å². The van der Waals surface area contributed by atoms with Gasteiger partial charge in [0.15, 0.2) is 0 Å². The first-order valence-corrected chi connectivity index (χ1v) is 11.6. The molecule has 1 heterocycles. The molecule has 0 bridgehead atoms. The molecule has 1 unspecified atom stereocenters. The number of aryl methyl sites for hydroxylation is 2. The zero-order valence-electron chi connectivity index (χ0n) is 20.5. The molecular formula is C28H35N3O2. The zero-order valence-corrected chi connectivity index (χ0v) is 19.5. The van der Waals surface area contributed by atoms with Gasteiger partial charge in [-0.15, -0.1) is 0 Å². The lowest BCUT2D eigenvalue weighted by Gasteiger charge is -2.30. The topological polar surface area (TPSA) is 45.7 Å². The van der Waals surface area contributed by atoms with E-state index in [1.165, 1.54) is 16.1 Å². The SMILES string of the molecule is [2H]CN(C)N(Cc1ccccc1)C(=O)OC(CCCc1ccccc1)CCCc1cccnc1. The average molecular weight is 447 g/mol. The van der Waals surface area contributed by atoms with Gasteiger partial charge in [-0.05, 0) is 61.3 Å². The molecular weight excluding hydrogens is 410 g/mol. The smallest absolute Gasteiger partial charge is 0.425 e. The van der Waals surface area contributed by atoms with Crippen molar-refractivity contribution in [2.75, 3.05) is 14.1 Å². The molecule has 0 radical (unpaired) electrons. The van der Waals surface area contributed by atoms with Gasteiger partial charge in [-0.3, -0.25) is 4.98 Å². The van der Waals surface area contributed by atoms with Gasteiger partial charge in [0.1, 0.15) is 6.10 Å². The van der Waals surface area contributed by atoms with E-state index in [-0.39, 0.29) is 13.1 Å². The minimum atomic E-state index is -0.398. The highest BCUT2D eigenvalue weighted by molar-refractivity contribution is 5.67. The summed E-state index contributed by atoms with van der Waals surface area (Å²) in [6.45, 7) is 0.376. The maximum absolute atomic E-state index is 13.2. The number of benzene rings is 2. The third kappa shape index (κ3) is 8.70. The Morgan fingerprint density at radius 2 is 1.52 bits per heavy atom. The highest BCUT2D eigenvalue weighted by Crippen LogP contribution is 2.17. The Hall–Kier alpha value is -3.18. The second kappa shape index (κ2) is 13.4. The fourth-order valence-electron chi connectivity index (χ4n) is 3.81. The Morgan fingerprint density at radius 3 is 2.12 bits per heavy atom. The molecule has 1 atom stereocenters. The monoisotopic (exact) mass is 446 g/mol. The second-order valence-corrected chi connectivity index (χ2v) is 8.34. The molecule has 3 aromatic rings. The Bertz CT molecular complexity index is 912. The fourth-order valence-corrected chi connectivity index (χ4v) is 3.81. The van der Waals surface area contributed by atoms with Crippen LogP contribution in [0, 0.1) is 0 Å². The Kier molecular flexibility index (Phi) is 9.33. The van der Waals surface area contributed by atoms with E-state index in [2.05, 4.69) is 35.3 Å². The summed E-state index contributed by atoms with van der Waals surface area (Å²) < 4.78 is 13.8. The zero-order chi connectivity index (χ0) is 24.0. The predicted molar refractivity (Wildman–Crippen MR) is 132 cm³/mol. The number of hydrazine groups is 1. The van der Waals surface area contributed by atoms with E-state index in [0.717, 1.165) is 44.1 Å². The van der Waals surface area contributed by atoms with Crippen molar-refractivity contribution in [1.82, 2.24) is 15.0 Å². The number of rotatable bonds is 12. The van der Waals surface area contributed by atoms with Crippen LogP contribution in [0.25, 0.3) is 0 Å². The first-order chi connectivity index (χ1) is 16.7. The van der Waals surface area contributed by atoms with Gasteiger partial charge in [0.2, 0.25) is 0 Å². The minimum absolute atomic E-state index is 0.0262. The predicted octanol–water partition coefficient (Wildman–Crippen LogP) is 5.91. The Morgan fingerprint density at radius 1 is 0.909 bits per heavy atom. The van der Waals surface area contributed by atoms with Gasteiger partial charge < -0.3 is 4.74 Å². The molecule has 1 amide bonds. The molecule has 3 rings (SSSR count). The molecule has 0 spiro atoms. The van der Waals surface area contributed by atoms with Crippen molar-refractivity contribution in [1.29, 1.82) is 0 Å². The molecule has 174 valence electrons. The number of carbonyl (C=O) groups excluding carboxylic acids is 1. The van der Waals surface area contributed by atoms with E-state index in [1.807, 2.05) is 48.7 Å². The molecule has 0 fully saturated rings. The highest BCUT2D eigenvalue weighted by atomic mass is 16.6. The van der Waals surface area contributed by atoms with Crippen LogP contribution in [-0.2, 0) is 24.1 Å². The number of amides is 1. The van der Waals surface area contributed by atoms with Crippen LogP contribution < -0.4 is 0 Å². The lowest BCUT2D eigenvalue weighted by Crippen LogP contribution is -2.43. The Balaban J connectivity index is 1.61. The molecule has 33 heavy (non-hydrogen) atoms. The molecule has 0 saturated heterocycles. The van der Waals surface area contributed by atoms with Crippen LogP contribution >= 0.6 is 0 Å². The molecule has 5 heteroatoms. The molecule has 0 aliphatic rings. The third-order valence-electron chi connectivity index (χ3n) is 5.61. The van der Waals surface area contributed by atoms with Gasteiger partial charge in [0, 0.05) is 27.8 Å². The summed E-state index contributed by atoms with van der Waals surface area (Å²) in [5.74, 6) is 0. The number of carbonyl (C=O) groups is 1. The summed E-state index contributed by atoms with van der Waals surface area (Å²) in [6, 6.07) is 24.2. The normalized spacial score (nSPS) is 12.2. The van der Waals surface area contributed by atoms with Gasteiger partial charge >= 0.3 is 6.09 Å². The number of hydrogen-bond donors (Lipinski definition) is 0. The number of nitrogens with zero attached hydrogens (tertiary/aromatic N) is 3. The first-order valence-electron chi connectivity index (χ1n) is 12.3. The van der Waals surface area contributed by atoms with Crippen molar-refractivity contribution < 1.29 is 10.9 Å².